The lowest BCUT2D eigenvalue weighted by molar-refractivity contribution is -0.145. The predicted molar refractivity (Wildman–Crippen MR) is 141 cm³/mol. The first-order chi connectivity index (χ1) is 17.8. The van der Waals surface area contributed by atoms with Crippen molar-refractivity contribution in [3.05, 3.63) is 53.4 Å². The highest BCUT2D eigenvalue weighted by Gasteiger charge is 2.54. The number of rotatable bonds is 9. The van der Waals surface area contributed by atoms with Crippen molar-refractivity contribution in [2.24, 2.45) is 0 Å². The standard InChI is InChI=1S/C25H29N3O8S2/c1-14(2)36-18(16-9-7-8-10-17(16)34-6)13-27-23-19(15(3)20(37-23)21-26-11-12-35-21)22(29)28(38(27,32)33)25(4,5)24(30)31/h7-12,14,18H,13H2,1-6H3,(H,30,31)/t18-/m0/s1. The molecule has 0 unspecified atom stereocenters. The van der Waals surface area contributed by atoms with Gasteiger partial charge in [-0.25, -0.2) is 18.4 Å². The second-order valence-electron chi connectivity index (χ2n) is 9.46. The van der Waals surface area contributed by atoms with Gasteiger partial charge in [-0.05, 0) is 46.2 Å². The molecule has 11 nitrogen and oxygen atoms in total. The number of carboxylic acid groups (broad SMARTS) is 1. The van der Waals surface area contributed by atoms with Gasteiger partial charge in [0.1, 0.15) is 23.1 Å². The molecule has 13 heteroatoms. The molecule has 0 saturated heterocycles. The number of para-hydroxylation sites is 1. The maximum Gasteiger partial charge on any atom is 0.330 e. The van der Waals surface area contributed by atoms with Crippen molar-refractivity contribution >= 4 is 38.4 Å². The number of hydrogen-bond donors (Lipinski definition) is 1. The summed E-state index contributed by atoms with van der Waals surface area (Å²) in [6, 6.07) is 7.07. The molecule has 0 aliphatic carbocycles. The van der Waals surface area contributed by atoms with Crippen molar-refractivity contribution < 1.29 is 37.0 Å². The molecule has 1 amide bonds. The number of anilines is 1. The van der Waals surface area contributed by atoms with Crippen LogP contribution in [-0.4, -0.2) is 60.0 Å². The van der Waals surface area contributed by atoms with Crippen molar-refractivity contribution in [1.82, 2.24) is 9.29 Å². The fourth-order valence-corrected chi connectivity index (χ4v) is 7.63. The zero-order valence-corrected chi connectivity index (χ0v) is 23.4. The third kappa shape index (κ3) is 4.54. The van der Waals surface area contributed by atoms with Crippen molar-refractivity contribution in [2.75, 3.05) is 18.0 Å². The Morgan fingerprint density at radius 2 is 1.95 bits per heavy atom. The summed E-state index contributed by atoms with van der Waals surface area (Å²) < 4.78 is 46.8. The van der Waals surface area contributed by atoms with Crippen LogP contribution in [0.15, 0.2) is 41.1 Å². The number of carbonyl (C=O) groups is 2. The number of aliphatic carboxylic acids is 1. The number of thiophene rings is 1. The molecular weight excluding hydrogens is 534 g/mol. The van der Waals surface area contributed by atoms with E-state index in [4.69, 9.17) is 13.9 Å². The summed E-state index contributed by atoms with van der Waals surface area (Å²) in [5.74, 6) is -1.70. The monoisotopic (exact) mass is 563 g/mol. The Hall–Kier alpha value is -3.42. The van der Waals surface area contributed by atoms with Gasteiger partial charge in [0.15, 0.2) is 5.54 Å². The normalized spacial score (nSPS) is 16.0. The molecule has 38 heavy (non-hydrogen) atoms. The van der Waals surface area contributed by atoms with E-state index in [9.17, 15) is 23.1 Å². The maximum atomic E-state index is 14.1. The minimum atomic E-state index is -4.69. The van der Waals surface area contributed by atoms with Gasteiger partial charge in [0, 0.05) is 5.56 Å². The van der Waals surface area contributed by atoms with Crippen LogP contribution in [0.3, 0.4) is 0 Å². The number of hydrogen-bond acceptors (Lipinski definition) is 9. The fourth-order valence-electron chi connectivity index (χ4n) is 4.31. The van der Waals surface area contributed by atoms with Gasteiger partial charge < -0.3 is 19.0 Å². The maximum absolute atomic E-state index is 14.1. The van der Waals surface area contributed by atoms with Crippen molar-refractivity contribution in [3.8, 4) is 16.5 Å². The van der Waals surface area contributed by atoms with Crippen LogP contribution in [0.5, 0.6) is 5.75 Å². The molecule has 4 rings (SSSR count). The fraction of sp³-hybridized carbons (Fsp3) is 0.400. The van der Waals surface area contributed by atoms with Gasteiger partial charge in [0.05, 0.1) is 36.4 Å². The third-order valence-corrected chi connectivity index (χ3v) is 9.56. The molecule has 204 valence electrons. The minimum absolute atomic E-state index is 0.0654. The molecule has 0 saturated carbocycles. The van der Waals surface area contributed by atoms with Crippen molar-refractivity contribution in [2.45, 2.75) is 52.4 Å². The van der Waals surface area contributed by atoms with Crippen LogP contribution < -0.4 is 9.04 Å². The summed E-state index contributed by atoms with van der Waals surface area (Å²) in [7, 11) is -3.18. The molecule has 0 radical (unpaired) electrons. The molecule has 3 heterocycles. The Balaban J connectivity index is 1.96. The van der Waals surface area contributed by atoms with Crippen LogP contribution >= 0.6 is 11.3 Å². The molecular formula is C25H29N3O8S2. The van der Waals surface area contributed by atoms with Crippen LogP contribution in [-0.2, 0) is 19.7 Å². The number of fused-ring (bicyclic) bond motifs is 1. The molecule has 0 spiro atoms. The molecule has 0 bridgehead atoms. The third-order valence-electron chi connectivity index (χ3n) is 6.17. The van der Waals surface area contributed by atoms with E-state index in [0.717, 1.165) is 15.6 Å². The van der Waals surface area contributed by atoms with E-state index in [1.54, 1.807) is 31.2 Å². The number of carbonyl (C=O) groups excluding carboxylic acids is 1. The number of benzene rings is 1. The minimum Gasteiger partial charge on any atom is -0.496 e. The lowest BCUT2D eigenvalue weighted by atomic mass is 10.0. The topological polar surface area (TPSA) is 139 Å². The van der Waals surface area contributed by atoms with Gasteiger partial charge in [-0.1, -0.05) is 18.2 Å². The summed E-state index contributed by atoms with van der Waals surface area (Å²) in [6.45, 7) is 7.38. The highest BCUT2D eigenvalue weighted by molar-refractivity contribution is 7.91. The Bertz CT molecular complexity index is 1460. The summed E-state index contributed by atoms with van der Waals surface area (Å²) in [6.07, 6.45) is 1.71. The van der Waals surface area contributed by atoms with E-state index in [-0.39, 0.29) is 29.1 Å². The van der Waals surface area contributed by atoms with Crippen LogP contribution in [0.25, 0.3) is 10.8 Å². The van der Waals surface area contributed by atoms with Gasteiger partial charge in [-0.3, -0.25) is 4.79 Å². The molecule has 0 fully saturated rings. The van der Waals surface area contributed by atoms with Crippen LogP contribution in [0.1, 0.15) is 55.3 Å². The molecule has 1 aliphatic rings. The van der Waals surface area contributed by atoms with Gasteiger partial charge >= 0.3 is 16.2 Å². The van der Waals surface area contributed by atoms with Crippen LogP contribution in [0, 0.1) is 6.92 Å². The molecule has 3 aromatic rings. The quantitative estimate of drug-likeness (QED) is 0.404. The lowest BCUT2D eigenvalue weighted by Gasteiger charge is -2.42. The highest BCUT2D eigenvalue weighted by atomic mass is 32.2. The number of nitrogens with zero attached hydrogens (tertiary/aromatic N) is 3. The summed E-state index contributed by atoms with van der Waals surface area (Å²) in [5.41, 5.74) is -0.984. The number of oxazole rings is 1. The largest absolute Gasteiger partial charge is 0.496 e. The molecule has 1 aliphatic heterocycles. The molecule has 2 aromatic heterocycles. The number of ether oxygens (including phenoxy) is 2. The van der Waals surface area contributed by atoms with E-state index in [0.29, 0.717) is 26.1 Å². The number of carboxylic acids is 1. The average Bonchev–Trinajstić information content (AvgIpc) is 3.48. The summed E-state index contributed by atoms with van der Waals surface area (Å²) in [4.78, 5) is 30.5. The Morgan fingerprint density at radius 1 is 1.26 bits per heavy atom. The second-order valence-corrected chi connectivity index (χ2v) is 12.2. The zero-order valence-electron chi connectivity index (χ0n) is 21.8. The van der Waals surface area contributed by atoms with E-state index < -0.39 is 33.7 Å². The number of aromatic nitrogens is 1. The predicted octanol–water partition coefficient (Wildman–Crippen LogP) is 4.26. The van der Waals surface area contributed by atoms with Crippen LogP contribution in [0.4, 0.5) is 5.00 Å². The smallest absolute Gasteiger partial charge is 0.330 e. The van der Waals surface area contributed by atoms with E-state index in [1.807, 2.05) is 13.8 Å². The summed E-state index contributed by atoms with van der Waals surface area (Å²) in [5, 5.41) is 10.0. The average molecular weight is 564 g/mol. The molecule has 1 N–H and O–H groups in total. The highest BCUT2D eigenvalue weighted by Crippen LogP contribution is 2.48. The number of methoxy groups -OCH3 is 1. The Morgan fingerprint density at radius 3 is 2.53 bits per heavy atom. The van der Waals surface area contributed by atoms with Gasteiger partial charge in [0.25, 0.3) is 5.91 Å². The van der Waals surface area contributed by atoms with Crippen molar-refractivity contribution in [1.29, 1.82) is 0 Å². The first-order valence-electron chi connectivity index (χ1n) is 11.7. The first kappa shape index (κ1) is 27.6. The molecule has 1 aromatic carbocycles. The number of amides is 1. The molecule has 1 atom stereocenters. The Labute approximate surface area is 224 Å². The van der Waals surface area contributed by atoms with E-state index in [1.165, 1.54) is 33.4 Å². The van der Waals surface area contributed by atoms with E-state index >= 15 is 0 Å². The zero-order chi connectivity index (χ0) is 28.0. The lowest BCUT2D eigenvalue weighted by Crippen LogP contribution is -2.62. The van der Waals surface area contributed by atoms with Crippen LogP contribution in [0.2, 0.25) is 0 Å². The van der Waals surface area contributed by atoms with Gasteiger partial charge in [-0.2, -0.15) is 8.42 Å². The summed E-state index contributed by atoms with van der Waals surface area (Å²) >= 11 is 1.03. The van der Waals surface area contributed by atoms with Gasteiger partial charge in [-0.15, -0.1) is 11.3 Å². The van der Waals surface area contributed by atoms with E-state index in [2.05, 4.69) is 4.98 Å². The van der Waals surface area contributed by atoms with Gasteiger partial charge in [0.2, 0.25) is 5.89 Å². The first-order valence-corrected chi connectivity index (χ1v) is 14.0. The SMILES string of the molecule is COc1ccccc1[C@H](CN1c2sc(-c3ncco3)c(C)c2C(=O)N(C(C)(C)C(=O)O)S1(=O)=O)OC(C)C. The van der Waals surface area contributed by atoms with Crippen molar-refractivity contribution in [3.63, 3.8) is 0 Å². The second kappa shape index (κ2) is 10.0. The Kier molecular flexibility index (Phi) is 7.30.